The molecule has 0 aromatic carbocycles. The number of aryl methyl sites for hydroxylation is 1. The van der Waals surface area contributed by atoms with Crippen LogP contribution in [-0.4, -0.2) is 17.6 Å². The highest BCUT2D eigenvalue weighted by molar-refractivity contribution is 5.85. The van der Waals surface area contributed by atoms with E-state index in [2.05, 4.69) is 10.5 Å². The van der Waals surface area contributed by atoms with Crippen molar-refractivity contribution in [3.63, 3.8) is 0 Å². The Bertz CT molecular complexity index is 428. The maximum absolute atomic E-state index is 12.0. The second-order valence-electron chi connectivity index (χ2n) is 5.65. The first-order valence-corrected chi connectivity index (χ1v) is 7.02. The molecule has 3 N–H and O–H groups in total. The molecule has 5 nitrogen and oxygen atoms in total. The van der Waals surface area contributed by atoms with Crippen LogP contribution in [0, 0.1) is 12.3 Å². The van der Waals surface area contributed by atoms with Gasteiger partial charge in [0.2, 0.25) is 5.91 Å². The maximum Gasteiger partial charge on any atom is 0.220 e. The standard InChI is InChI=1S/C14H23N3O2.ClH/c1-11-7-12(19-17-11)9-16-13(18)8-14(10-15)5-3-2-4-6-14;/h7H,2-6,8-10,15H2,1H3,(H,16,18);1H. The van der Waals surface area contributed by atoms with Gasteiger partial charge < -0.3 is 15.6 Å². The predicted molar refractivity (Wildman–Crippen MR) is 79.5 cm³/mol. The zero-order valence-corrected chi connectivity index (χ0v) is 12.8. The molecule has 1 amide bonds. The molecule has 0 atom stereocenters. The number of aromatic nitrogens is 1. The number of hydrogen-bond donors (Lipinski definition) is 2. The van der Waals surface area contributed by atoms with Crippen molar-refractivity contribution in [2.45, 2.75) is 52.0 Å². The highest BCUT2D eigenvalue weighted by Gasteiger charge is 2.32. The fourth-order valence-electron chi connectivity index (χ4n) is 2.84. The average molecular weight is 302 g/mol. The molecule has 0 spiro atoms. The SMILES string of the molecule is Cc1cc(CNC(=O)CC2(CN)CCCCC2)on1.Cl. The monoisotopic (exact) mass is 301 g/mol. The summed E-state index contributed by atoms with van der Waals surface area (Å²) in [5.41, 5.74) is 6.73. The van der Waals surface area contributed by atoms with Gasteiger partial charge in [-0.25, -0.2) is 0 Å². The third-order valence-electron chi connectivity index (χ3n) is 4.02. The maximum atomic E-state index is 12.0. The van der Waals surface area contributed by atoms with Gasteiger partial charge in [-0.1, -0.05) is 24.4 Å². The van der Waals surface area contributed by atoms with Crippen LogP contribution in [0.15, 0.2) is 10.6 Å². The van der Waals surface area contributed by atoms with Gasteiger partial charge in [-0.3, -0.25) is 4.79 Å². The zero-order valence-electron chi connectivity index (χ0n) is 12.0. The zero-order chi connectivity index (χ0) is 13.7. The highest BCUT2D eigenvalue weighted by atomic mass is 35.5. The smallest absolute Gasteiger partial charge is 0.220 e. The molecule has 0 unspecified atom stereocenters. The van der Waals surface area contributed by atoms with E-state index in [0.717, 1.165) is 18.5 Å². The van der Waals surface area contributed by atoms with Crippen LogP contribution in [0.5, 0.6) is 0 Å². The number of nitrogens with one attached hydrogen (secondary N) is 1. The summed E-state index contributed by atoms with van der Waals surface area (Å²) in [7, 11) is 0. The third kappa shape index (κ3) is 4.49. The van der Waals surface area contributed by atoms with E-state index >= 15 is 0 Å². The van der Waals surface area contributed by atoms with E-state index in [1.807, 2.05) is 13.0 Å². The molecular weight excluding hydrogens is 278 g/mol. The minimum Gasteiger partial charge on any atom is -0.359 e. The highest BCUT2D eigenvalue weighted by Crippen LogP contribution is 2.38. The van der Waals surface area contributed by atoms with Gasteiger partial charge in [0.25, 0.3) is 0 Å². The second kappa shape index (κ2) is 7.64. The Hall–Kier alpha value is -1.07. The van der Waals surface area contributed by atoms with E-state index in [4.69, 9.17) is 10.3 Å². The van der Waals surface area contributed by atoms with E-state index in [-0.39, 0.29) is 23.7 Å². The summed E-state index contributed by atoms with van der Waals surface area (Å²) in [5.74, 6) is 0.748. The van der Waals surface area contributed by atoms with Crippen LogP contribution in [0.3, 0.4) is 0 Å². The normalized spacial score (nSPS) is 17.3. The fourth-order valence-corrected chi connectivity index (χ4v) is 2.84. The van der Waals surface area contributed by atoms with E-state index in [1.54, 1.807) is 0 Å². The largest absolute Gasteiger partial charge is 0.359 e. The molecule has 0 saturated heterocycles. The quantitative estimate of drug-likeness (QED) is 0.874. The lowest BCUT2D eigenvalue weighted by molar-refractivity contribution is -0.124. The minimum atomic E-state index is 0. The second-order valence-corrected chi connectivity index (χ2v) is 5.65. The molecule has 6 heteroatoms. The number of rotatable bonds is 5. The molecule has 114 valence electrons. The van der Waals surface area contributed by atoms with E-state index in [9.17, 15) is 4.79 Å². The Balaban J connectivity index is 0.00000200. The predicted octanol–water partition coefficient (Wildman–Crippen LogP) is 2.32. The Morgan fingerprint density at radius 1 is 1.45 bits per heavy atom. The summed E-state index contributed by atoms with van der Waals surface area (Å²) in [6.07, 6.45) is 6.30. The first-order chi connectivity index (χ1) is 9.13. The molecule has 0 aliphatic heterocycles. The van der Waals surface area contributed by atoms with Crippen LogP contribution in [0.4, 0.5) is 0 Å². The number of halogens is 1. The van der Waals surface area contributed by atoms with Gasteiger partial charge >= 0.3 is 0 Å². The van der Waals surface area contributed by atoms with Crippen molar-refractivity contribution < 1.29 is 9.32 Å². The Labute approximate surface area is 126 Å². The first kappa shape index (κ1) is 17.0. The van der Waals surface area contributed by atoms with Crippen LogP contribution in [0.1, 0.15) is 50.0 Å². The van der Waals surface area contributed by atoms with Crippen molar-refractivity contribution in [1.82, 2.24) is 10.5 Å². The molecular formula is C14H24ClN3O2. The molecule has 1 heterocycles. The van der Waals surface area contributed by atoms with Crippen LogP contribution >= 0.6 is 12.4 Å². The van der Waals surface area contributed by atoms with Gasteiger partial charge in [-0.15, -0.1) is 12.4 Å². The Morgan fingerprint density at radius 3 is 2.70 bits per heavy atom. The number of nitrogens with zero attached hydrogens (tertiary/aromatic N) is 1. The number of carbonyl (C=O) groups excluding carboxylic acids is 1. The summed E-state index contributed by atoms with van der Waals surface area (Å²) >= 11 is 0. The molecule has 1 aliphatic carbocycles. The lowest BCUT2D eigenvalue weighted by Crippen LogP contribution is -2.38. The van der Waals surface area contributed by atoms with Crippen molar-refractivity contribution >= 4 is 18.3 Å². The van der Waals surface area contributed by atoms with Gasteiger partial charge in [-0.05, 0) is 31.7 Å². The molecule has 1 aliphatic rings. The van der Waals surface area contributed by atoms with E-state index in [0.29, 0.717) is 25.3 Å². The van der Waals surface area contributed by atoms with Crippen LogP contribution in [-0.2, 0) is 11.3 Å². The summed E-state index contributed by atoms with van der Waals surface area (Å²) in [6, 6.07) is 1.83. The molecule has 1 fully saturated rings. The number of nitrogens with two attached hydrogens (primary N) is 1. The van der Waals surface area contributed by atoms with Crippen LogP contribution in [0.2, 0.25) is 0 Å². The number of carbonyl (C=O) groups is 1. The first-order valence-electron chi connectivity index (χ1n) is 7.02. The fraction of sp³-hybridized carbons (Fsp3) is 0.714. The molecule has 1 saturated carbocycles. The van der Waals surface area contributed by atoms with Crippen molar-refractivity contribution in [1.29, 1.82) is 0 Å². The van der Waals surface area contributed by atoms with Gasteiger partial charge in [0.15, 0.2) is 5.76 Å². The van der Waals surface area contributed by atoms with E-state index in [1.165, 1.54) is 19.3 Å². The summed E-state index contributed by atoms with van der Waals surface area (Å²) in [6.45, 7) is 2.86. The molecule has 20 heavy (non-hydrogen) atoms. The molecule has 0 bridgehead atoms. The van der Waals surface area contributed by atoms with Gasteiger partial charge in [0.05, 0.1) is 12.2 Å². The van der Waals surface area contributed by atoms with Crippen molar-refractivity contribution in [2.24, 2.45) is 11.1 Å². The Kier molecular flexibility index (Phi) is 6.49. The minimum absolute atomic E-state index is 0. The average Bonchev–Trinajstić information content (AvgIpc) is 2.83. The van der Waals surface area contributed by atoms with Gasteiger partial charge in [-0.2, -0.15) is 0 Å². The van der Waals surface area contributed by atoms with Gasteiger partial charge in [0, 0.05) is 12.5 Å². The summed E-state index contributed by atoms with van der Waals surface area (Å²) in [4.78, 5) is 12.0. The summed E-state index contributed by atoms with van der Waals surface area (Å²) in [5, 5.41) is 6.68. The Morgan fingerprint density at radius 2 is 2.15 bits per heavy atom. The lowest BCUT2D eigenvalue weighted by atomic mass is 9.71. The van der Waals surface area contributed by atoms with Crippen molar-refractivity contribution in [3.8, 4) is 0 Å². The molecule has 1 aromatic rings. The molecule has 2 rings (SSSR count). The van der Waals surface area contributed by atoms with Gasteiger partial charge in [0.1, 0.15) is 0 Å². The van der Waals surface area contributed by atoms with Crippen LogP contribution < -0.4 is 11.1 Å². The summed E-state index contributed by atoms with van der Waals surface area (Å²) < 4.78 is 5.07. The van der Waals surface area contributed by atoms with Crippen LogP contribution in [0.25, 0.3) is 0 Å². The number of amides is 1. The van der Waals surface area contributed by atoms with Crippen molar-refractivity contribution in [2.75, 3.05) is 6.54 Å². The van der Waals surface area contributed by atoms with Crippen molar-refractivity contribution in [3.05, 3.63) is 17.5 Å². The third-order valence-corrected chi connectivity index (χ3v) is 4.02. The van der Waals surface area contributed by atoms with E-state index < -0.39 is 0 Å². The number of hydrogen-bond acceptors (Lipinski definition) is 4. The lowest BCUT2D eigenvalue weighted by Gasteiger charge is -2.35. The topological polar surface area (TPSA) is 81.2 Å². The molecule has 1 aromatic heterocycles. The molecule has 0 radical (unpaired) electrons.